The maximum Gasteiger partial charge on any atom is 0.191 e. The van der Waals surface area contributed by atoms with Gasteiger partial charge in [0.25, 0.3) is 0 Å². The molecule has 0 aliphatic carbocycles. The molecule has 1 aliphatic heterocycles. The second-order valence-corrected chi connectivity index (χ2v) is 8.39. The number of aliphatic imine (C=N–C) groups is 1. The van der Waals surface area contributed by atoms with Gasteiger partial charge in [-0.05, 0) is 36.6 Å². The number of nitrogens with zero attached hydrogens (tertiary/aromatic N) is 1. The van der Waals surface area contributed by atoms with Crippen LogP contribution in [0.2, 0.25) is 0 Å². The average Bonchev–Trinajstić information content (AvgIpc) is 2.75. The molecule has 5 nitrogen and oxygen atoms in total. The van der Waals surface area contributed by atoms with Crippen molar-refractivity contribution in [2.45, 2.75) is 25.9 Å². The largest absolute Gasteiger partial charge is 0.353 e. The van der Waals surface area contributed by atoms with Crippen LogP contribution in [0.3, 0.4) is 0 Å². The van der Waals surface area contributed by atoms with E-state index in [1.165, 1.54) is 11.1 Å². The Labute approximate surface area is 134 Å². The molecule has 0 bridgehead atoms. The third kappa shape index (κ3) is 4.71. The van der Waals surface area contributed by atoms with Gasteiger partial charge in [0.2, 0.25) is 0 Å². The second-order valence-electron chi connectivity index (χ2n) is 5.24. The Kier molecular flexibility index (Phi) is 5.27. The van der Waals surface area contributed by atoms with Gasteiger partial charge in [-0.2, -0.15) is 0 Å². The van der Waals surface area contributed by atoms with Crippen molar-refractivity contribution in [3.8, 4) is 0 Å². The van der Waals surface area contributed by atoms with E-state index in [0.29, 0.717) is 18.9 Å². The number of nitrogens with one attached hydrogen (secondary N) is 2. The molecule has 1 heterocycles. The number of guanidine groups is 1. The fraction of sp³-hybridized carbons (Fsp3) is 0.500. The molecular weight excluding hydrogens is 354 g/mol. The van der Waals surface area contributed by atoms with Gasteiger partial charge in [0.05, 0.1) is 11.5 Å². The van der Waals surface area contributed by atoms with Crippen molar-refractivity contribution in [1.82, 2.24) is 10.6 Å². The Morgan fingerprint density at radius 1 is 1.48 bits per heavy atom. The molecule has 1 unspecified atom stereocenters. The predicted octanol–water partition coefficient (Wildman–Crippen LogP) is 1.61. The van der Waals surface area contributed by atoms with Crippen LogP contribution in [0.1, 0.15) is 17.5 Å². The van der Waals surface area contributed by atoms with Crippen LogP contribution in [-0.2, 0) is 16.4 Å². The molecule has 1 aromatic carbocycles. The van der Waals surface area contributed by atoms with Crippen LogP contribution in [-0.4, -0.2) is 39.0 Å². The molecule has 1 fully saturated rings. The van der Waals surface area contributed by atoms with E-state index < -0.39 is 9.84 Å². The molecule has 1 saturated heterocycles. The van der Waals surface area contributed by atoms with E-state index in [1.807, 2.05) is 6.07 Å². The monoisotopic (exact) mass is 373 g/mol. The quantitative estimate of drug-likeness (QED) is 0.623. The summed E-state index contributed by atoms with van der Waals surface area (Å²) in [5, 5.41) is 6.40. The van der Waals surface area contributed by atoms with Gasteiger partial charge in [0.1, 0.15) is 0 Å². The van der Waals surface area contributed by atoms with Crippen molar-refractivity contribution < 1.29 is 8.42 Å². The standard InChI is InChI=1S/C14H20BrN3O2S/c1-10-7-12(15)4-3-11(10)8-17-14(16-2)18-13-5-6-21(19,20)9-13/h3-4,7,13H,5-6,8-9H2,1-2H3,(H2,16,17,18). The molecule has 2 rings (SSSR count). The minimum atomic E-state index is -2.88. The van der Waals surface area contributed by atoms with Gasteiger partial charge >= 0.3 is 0 Å². The highest BCUT2D eigenvalue weighted by Gasteiger charge is 2.28. The van der Waals surface area contributed by atoms with E-state index in [-0.39, 0.29) is 17.5 Å². The number of rotatable bonds is 3. The smallest absolute Gasteiger partial charge is 0.191 e. The maximum absolute atomic E-state index is 11.5. The number of hydrogen-bond acceptors (Lipinski definition) is 3. The molecule has 1 atom stereocenters. The summed E-state index contributed by atoms with van der Waals surface area (Å²) in [5.41, 5.74) is 2.37. The first-order chi connectivity index (χ1) is 9.89. The second kappa shape index (κ2) is 6.79. The van der Waals surface area contributed by atoms with Crippen LogP contribution in [0.4, 0.5) is 0 Å². The Balaban J connectivity index is 1.91. The lowest BCUT2D eigenvalue weighted by atomic mass is 10.1. The minimum absolute atomic E-state index is 0.0489. The molecule has 2 N–H and O–H groups in total. The molecule has 0 saturated carbocycles. The average molecular weight is 374 g/mol. The summed E-state index contributed by atoms with van der Waals surface area (Å²) in [4.78, 5) is 4.15. The molecule has 0 aromatic heterocycles. The Morgan fingerprint density at radius 3 is 2.81 bits per heavy atom. The normalized spacial score (nSPS) is 21.3. The maximum atomic E-state index is 11.5. The number of halogens is 1. The van der Waals surface area contributed by atoms with Crippen molar-refractivity contribution in [2.24, 2.45) is 4.99 Å². The Hall–Kier alpha value is -1.08. The Bertz CT molecular complexity index is 644. The van der Waals surface area contributed by atoms with Gasteiger partial charge in [-0.3, -0.25) is 4.99 Å². The van der Waals surface area contributed by atoms with Crippen LogP contribution >= 0.6 is 15.9 Å². The van der Waals surface area contributed by atoms with E-state index in [2.05, 4.69) is 50.6 Å². The summed E-state index contributed by atoms with van der Waals surface area (Å²) < 4.78 is 24.0. The van der Waals surface area contributed by atoms with Crippen molar-refractivity contribution in [2.75, 3.05) is 18.6 Å². The van der Waals surface area contributed by atoms with Gasteiger partial charge in [0, 0.05) is 24.1 Å². The zero-order chi connectivity index (χ0) is 15.5. The number of benzene rings is 1. The van der Waals surface area contributed by atoms with Crippen molar-refractivity contribution in [3.63, 3.8) is 0 Å². The number of hydrogen-bond donors (Lipinski definition) is 2. The van der Waals surface area contributed by atoms with Crippen molar-refractivity contribution >= 4 is 31.7 Å². The van der Waals surface area contributed by atoms with Gasteiger partial charge in [-0.1, -0.05) is 22.0 Å². The third-order valence-corrected chi connectivity index (χ3v) is 5.81. The molecule has 1 aliphatic rings. The van der Waals surface area contributed by atoms with Gasteiger partial charge in [-0.15, -0.1) is 0 Å². The highest BCUT2D eigenvalue weighted by molar-refractivity contribution is 9.10. The Morgan fingerprint density at radius 2 is 2.24 bits per heavy atom. The van der Waals surface area contributed by atoms with E-state index in [0.717, 1.165) is 4.47 Å². The number of sulfone groups is 1. The van der Waals surface area contributed by atoms with Crippen molar-refractivity contribution in [3.05, 3.63) is 33.8 Å². The van der Waals surface area contributed by atoms with Gasteiger partial charge < -0.3 is 10.6 Å². The lowest BCUT2D eigenvalue weighted by Gasteiger charge is -2.16. The first-order valence-corrected chi connectivity index (χ1v) is 9.44. The molecule has 0 radical (unpaired) electrons. The first-order valence-electron chi connectivity index (χ1n) is 6.82. The molecule has 21 heavy (non-hydrogen) atoms. The van der Waals surface area contributed by atoms with Crippen LogP contribution in [0, 0.1) is 6.92 Å². The van der Waals surface area contributed by atoms with E-state index in [9.17, 15) is 8.42 Å². The predicted molar refractivity (Wildman–Crippen MR) is 89.3 cm³/mol. The zero-order valence-corrected chi connectivity index (χ0v) is 14.6. The van der Waals surface area contributed by atoms with Gasteiger partial charge in [-0.25, -0.2) is 8.42 Å². The zero-order valence-electron chi connectivity index (χ0n) is 12.2. The minimum Gasteiger partial charge on any atom is -0.353 e. The lowest BCUT2D eigenvalue weighted by Crippen LogP contribution is -2.43. The SMILES string of the molecule is CN=C(NCc1ccc(Br)cc1C)NC1CCS(=O)(=O)C1. The van der Waals surface area contributed by atoms with E-state index in [1.54, 1.807) is 7.05 Å². The topological polar surface area (TPSA) is 70.6 Å². The summed E-state index contributed by atoms with van der Waals surface area (Å²) in [7, 11) is -1.19. The van der Waals surface area contributed by atoms with Crippen LogP contribution in [0.25, 0.3) is 0 Å². The summed E-state index contributed by atoms with van der Waals surface area (Å²) in [6, 6.07) is 6.08. The molecule has 116 valence electrons. The summed E-state index contributed by atoms with van der Waals surface area (Å²) in [6.07, 6.45) is 0.639. The first kappa shape index (κ1) is 16.3. The van der Waals surface area contributed by atoms with Crippen LogP contribution in [0.5, 0.6) is 0 Å². The third-order valence-electron chi connectivity index (χ3n) is 3.55. The van der Waals surface area contributed by atoms with Crippen molar-refractivity contribution in [1.29, 1.82) is 0 Å². The molecular formula is C14H20BrN3O2S. The number of aryl methyl sites for hydroxylation is 1. The van der Waals surface area contributed by atoms with Gasteiger partial charge in [0.15, 0.2) is 15.8 Å². The van der Waals surface area contributed by atoms with Crippen LogP contribution < -0.4 is 10.6 Å². The summed E-state index contributed by atoms with van der Waals surface area (Å²) in [6.45, 7) is 2.71. The highest BCUT2D eigenvalue weighted by Crippen LogP contribution is 2.15. The van der Waals surface area contributed by atoms with Crippen LogP contribution in [0.15, 0.2) is 27.7 Å². The summed E-state index contributed by atoms with van der Waals surface area (Å²) in [5.74, 6) is 1.08. The molecule has 0 spiro atoms. The van der Waals surface area contributed by atoms with E-state index >= 15 is 0 Å². The molecule has 7 heteroatoms. The lowest BCUT2D eigenvalue weighted by molar-refractivity contribution is 0.599. The van der Waals surface area contributed by atoms with E-state index in [4.69, 9.17) is 0 Å². The highest BCUT2D eigenvalue weighted by atomic mass is 79.9. The molecule has 0 amide bonds. The summed E-state index contributed by atoms with van der Waals surface area (Å²) >= 11 is 3.45. The fourth-order valence-corrected chi connectivity index (χ4v) is 4.48. The fourth-order valence-electron chi connectivity index (χ4n) is 2.33. The molecule has 1 aromatic rings.